The predicted molar refractivity (Wildman–Crippen MR) is 76.2 cm³/mol. The normalized spacial score (nSPS) is 12.1. The Morgan fingerprint density at radius 1 is 1.11 bits per heavy atom. The van der Waals surface area contributed by atoms with Crippen molar-refractivity contribution in [1.82, 2.24) is 0 Å². The van der Waals surface area contributed by atoms with Crippen LogP contribution in [-0.2, 0) is 13.0 Å². The third kappa shape index (κ3) is 4.30. The SMILES string of the molecule is CC(N)Cc1ccc(OCc2cccc(O)c2)cc1. The number of aromatic hydroxyl groups is 1. The van der Waals surface area contributed by atoms with Crippen LogP contribution in [0.1, 0.15) is 18.1 Å². The molecule has 0 heterocycles. The van der Waals surface area contributed by atoms with Crippen molar-refractivity contribution >= 4 is 0 Å². The summed E-state index contributed by atoms with van der Waals surface area (Å²) in [5.41, 5.74) is 7.91. The van der Waals surface area contributed by atoms with Gasteiger partial charge in [0.05, 0.1) is 0 Å². The van der Waals surface area contributed by atoms with Crippen LogP contribution in [0.15, 0.2) is 48.5 Å². The van der Waals surface area contributed by atoms with Gasteiger partial charge in [-0.2, -0.15) is 0 Å². The van der Waals surface area contributed by atoms with E-state index in [4.69, 9.17) is 10.5 Å². The molecule has 0 spiro atoms. The number of phenolic OH excluding ortho intramolecular Hbond substituents is 1. The van der Waals surface area contributed by atoms with Crippen molar-refractivity contribution in [3.05, 3.63) is 59.7 Å². The lowest BCUT2D eigenvalue weighted by molar-refractivity contribution is 0.305. The predicted octanol–water partition coefficient (Wildman–Crippen LogP) is 2.86. The molecular formula is C16H19NO2. The fraction of sp³-hybridized carbons (Fsp3) is 0.250. The Morgan fingerprint density at radius 2 is 1.84 bits per heavy atom. The van der Waals surface area contributed by atoms with Gasteiger partial charge in [0.1, 0.15) is 18.1 Å². The maximum absolute atomic E-state index is 9.36. The maximum Gasteiger partial charge on any atom is 0.119 e. The first-order valence-electron chi connectivity index (χ1n) is 6.39. The molecule has 1 atom stereocenters. The third-order valence-corrected chi connectivity index (χ3v) is 2.80. The van der Waals surface area contributed by atoms with Gasteiger partial charge < -0.3 is 15.6 Å². The van der Waals surface area contributed by atoms with E-state index in [1.165, 1.54) is 5.56 Å². The number of nitrogens with two attached hydrogens (primary N) is 1. The summed E-state index contributed by atoms with van der Waals surface area (Å²) in [5, 5.41) is 9.36. The highest BCUT2D eigenvalue weighted by molar-refractivity contribution is 5.29. The van der Waals surface area contributed by atoms with Crippen molar-refractivity contribution in [2.75, 3.05) is 0 Å². The number of benzene rings is 2. The average molecular weight is 257 g/mol. The molecular weight excluding hydrogens is 238 g/mol. The Hall–Kier alpha value is -2.00. The first kappa shape index (κ1) is 13.4. The molecule has 2 aromatic rings. The van der Waals surface area contributed by atoms with E-state index < -0.39 is 0 Å². The van der Waals surface area contributed by atoms with Crippen molar-refractivity contribution in [3.8, 4) is 11.5 Å². The zero-order valence-corrected chi connectivity index (χ0v) is 11.0. The summed E-state index contributed by atoms with van der Waals surface area (Å²) in [7, 11) is 0. The van der Waals surface area contributed by atoms with Gasteiger partial charge in [-0.25, -0.2) is 0 Å². The lowest BCUT2D eigenvalue weighted by Gasteiger charge is -2.09. The Bertz CT molecular complexity index is 521. The van der Waals surface area contributed by atoms with Gasteiger partial charge in [-0.3, -0.25) is 0 Å². The fourth-order valence-electron chi connectivity index (χ4n) is 1.91. The Morgan fingerprint density at radius 3 is 2.47 bits per heavy atom. The first-order chi connectivity index (χ1) is 9.13. The van der Waals surface area contributed by atoms with Gasteiger partial charge in [-0.05, 0) is 48.7 Å². The van der Waals surface area contributed by atoms with Crippen molar-refractivity contribution < 1.29 is 9.84 Å². The molecule has 2 aromatic carbocycles. The molecule has 0 radical (unpaired) electrons. The molecule has 0 aliphatic heterocycles. The summed E-state index contributed by atoms with van der Waals surface area (Å²) >= 11 is 0. The zero-order valence-electron chi connectivity index (χ0n) is 11.0. The van der Waals surface area contributed by atoms with E-state index in [1.54, 1.807) is 18.2 Å². The number of hydrogen-bond acceptors (Lipinski definition) is 3. The molecule has 1 unspecified atom stereocenters. The highest BCUT2D eigenvalue weighted by Gasteiger charge is 2.00. The van der Waals surface area contributed by atoms with Crippen molar-refractivity contribution in [2.24, 2.45) is 5.73 Å². The molecule has 2 rings (SSSR count). The van der Waals surface area contributed by atoms with Crippen molar-refractivity contribution in [1.29, 1.82) is 0 Å². The van der Waals surface area contributed by atoms with E-state index in [0.29, 0.717) is 6.61 Å². The van der Waals surface area contributed by atoms with E-state index in [-0.39, 0.29) is 11.8 Å². The topological polar surface area (TPSA) is 55.5 Å². The van der Waals surface area contributed by atoms with Gasteiger partial charge in [0.25, 0.3) is 0 Å². The van der Waals surface area contributed by atoms with Gasteiger partial charge in [-0.1, -0.05) is 24.3 Å². The zero-order chi connectivity index (χ0) is 13.7. The van der Waals surface area contributed by atoms with E-state index in [9.17, 15) is 5.11 Å². The van der Waals surface area contributed by atoms with E-state index >= 15 is 0 Å². The minimum atomic E-state index is 0.166. The van der Waals surface area contributed by atoms with E-state index in [2.05, 4.69) is 0 Å². The summed E-state index contributed by atoms with van der Waals surface area (Å²) in [6, 6.07) is 15.2. The third-order valence-electron chi connectivity index (χ3n) is 2.80. The molecule has 0 saturated carbocycles. The van der Waals surface area contributed by atoms with Crippen LogP contribution in [0.3, 0.4) is 0 Å². The molecule has 3 N–H and O–H groups in total. The Labute approximate surface area is 113 Å². The van der Waals surface area contributed by atoms with Crippen LogP contribution in [0.4, 0.5) is 0 Å². The summed E-state index contributed by atoms with van der Waals surface area (Å²) in [4.78, 5) is 0. The summed E-state index contributed by atoms with van der Waals surface area (Å²) in [5.74, 6) is 1.07. The van der Waals surface area contributed by atoms with Crippen LogP contribution < -0.4 is 10.5 Å². The summed E-state index contributed by atoms with van der Waals surface area (Å²) in [6.07, 6.45) is 0.868. The minimum absolute atomic E-state index is 0.166. The molecule has 0 bridgehead atoms. The molecule has 3 heteroatoms. The Kier molecular flexibility index (Phi) is 4.42. The fourth-order valence-corrected chi connectivity index (χ4v) is 1.91. The molecule has 0 amide bonds. The summed E-state index contributed by atoms with van der Waals surface area (Å²) in [6.45, 7) is 2.44. The maximum atomic E-state index is 9.36. The average Bonchev–Trinajstić information content (AvgIpc) is 2.37. The molecule has 100 valence electrons. The molecule has 0 aliphatic rings. The van der Waals surface area contributed by atoms with Crippen molar-refractivity contribution in [3.63, 3.8) is 0 Å². The molecule has 3 nitrogen and oxygen atoms in total. The molecule has 19 heavy (non-hydrogen) atoms. The second-order valence-corrected chi connectivity index (χ2v) is 4.78. The molecule has 0 saturated heterocycles. The number of rotatable bonds is 5. The number of phenols is 1. The monoisotopic (exact) mass is 257 g/mol. The van der Waals surface area contributed by atoms with Gasteiger partial charge in [-0.15, -0.1) is 0 Å². The number of hydrogen-bond donors (Lipinski definition) is 2. The standard InChI is InChI=1S/C16H19NO2/c1-12(17)9-13-5-7-16(8-6-13)19-11-14-3-2-4-15(18)10-14/h2-8,10,12,18H,9,11,17H2,1H3. The summed E-state index contributed by atoms with van der Waals surface area (Å²) < 4.78 is 5.66. The van der Waals surface area contributed by atoms with Crippen LogP contribution in [0.2, 0.25) is 0 Å². The van der Waals surface area contributed by atoms with Gasteiger partial charge in [0.15, 0.2) is 0 Å². The van der Waals surface area contributed by atoms with Crippen LogP contribution in [0, 0.1) is 0 Å². The smallest absolute Gasteiger partial charge is 0.119 e. The minimum Gasteiger partial charge on any atom is -0.508 e. The van der Waals surface area contributed by atoms with Gasteiger partial charge in [0, 0.05) is 6.04 Å². The van der Waals surface area contributed by atoms with Crippen LogP contribution in [0.5, 0.6) is 11.5 Å². The lowest BCUT2D eigenvalue weighted by atomic mass is 10.1. The molecule has 0 aromatic heterocycles. The largest absolute Gasteiger partial charge is 0.508 e. The highest BCUT2D eigenvalue weighted by atomic mass is 16.5. The van der Waals surface area contributed by atoms with Gasteiger partial charge in [0.2, 0.25) is 0 Å². The quantitative estimate of drug-likeness (QED) is 0.866. The number of ether oxygens (including phenoxy) is 1. The Balaban J connectivity index is 1.93. The van der Waals surface area contributed by atoms with Crippen LogP contribution >= 0.6 is 0 Å². The lowest BCUT2D eigenvalue weighted by Crippen LogP contribution is -2.17. The second-order valence-electron chi connectivity index (χ2n) is 4.78. The highest BCUT2D eigenvalue weighted by Crippen LogP contribution is 2.16. The van der Waals surface area contributed by atoms with E-state index in [0.717, 1.165) is 17.7 Å². The van der Waals surface area contributed by atoms with Gasteiger partial charge >= 0.3 is 0 Å². The first-order valence-corrected chi connectivity index (χ1v) is 6.39. The van der Waals surface area contributed by atoms with Crippen molar-refractivity contribution in [2.45, 2.75) is 26.0 Å². The molecule has 0 aliphatic carbocycles. The second kappa shape index (κ2) is 6.25. The van der Waals surface area contributed by atoms with Crippen LogP contribution in [-0.4, -0.2) is 11.1 Å². The van der Waals surface area contributed by atoms with Crippen LogP contribution in [0.25, 0.3) is 0 Å². The molecule has 0 fully saturated rings. The van der Waals surface area contributed by atoms with E-state index in [1.807, 2.05) is 37.3 Å².